The number of H-pyrrole nitrogens is 1. The summed E-state index contributed by atoms with van der Waals surface area (Å²) in [5, 5.41) is 0. The van der Waals surface area contributed by atoms with Crippen LogP contribution in [0.25, 0.3) is 16.8 Å². The summed E-state index contributed by atoms with van der Waals surface area (Å²) in [4.78, 5) is 22.0. The monoisotopic (exact) mass is 411 g/mol. The molecule has 156 valence electrons. The fourth-order valence-corrected chi connectivity index (χ4v) is 3.92. The zero-order valence-corrected chi connectivity index (χ0v) is 16.3. The molecular formula is C22H22FN3O4. The second-order valence-electron chi connectivity index (χ2n) is 7.64. The van der Waals surface area contributed by atoms with Crippen LogP contribution in [0.4, 0.5) is 4.39 Å². The number of hydrogen-bond donors (Lipinski definition) is 2. The van der Waals surface area contributed by atoms with E-state index in [0.29, 0.717) is 16.8 Å². The molecule has 30 heavy (non-hydrogen) atoms. The number of likely N-dealkylation sites (tertiary alicyclic amines) is 1. The van der Waals surface area contributed by atoms with Gasteiger partial charge in [0.1, 0.15) is 23.8 Å². The maximum absolute atomic E-state index is 13.0. The van der Waals surface area contributed by atoms with Crippen LogP contribution in [0.1, 0.15) is 18.4 Å². The zero-order valence-electron chi connectivity index (χ0n) is 16.3. The number of aromatic amines is 1. The summed E-state index contributed by atoms with van der Waals surface area (Å²) in [5.74, 6) is -0.00948. The van der Waals surface area contributed by atoms with Gasteiger partial charge in [-0.1, -0.05) is 6.07 Å². The van der Waals surface area contributed by atoms with Gasteiger partial charge in [-0.05, 0) is 55.3 Å². The van der Waals surface area contributed by atoms with Crippen LogP contribution in [-0.2, 0) is 4.84 Å². The molecule has 2 aliphatic heterocycles. The molecule has 3 aromatic rings. The summed E-state index contributed by atoms with van der Waals surface area (Å²) >= 11 is 0. The van der Waals surface area contributed by atoms with E-state index in [9.17, 15) is 9.18 Å². The SMILES string of the molecule is O=c1[nH]c2ccc(C3=CC(CN4CCC(Oc5ccc(F)cc5)CC4)ON3)cc2o1. The van der Waals surface area contributed by atoms with Crippen molar-refractivity contribution in [2.75, 3.05) is 19.6 Å². The van der Waals surface area contributed by atoms with E-state index in [2.05, 4.69) is 15.4 Å². The van der Waals surface area contributed by atoms with Crippen LogP contribution >= 0.6 is 0 Å². The van der Waals surface area contributed by atoms with E-state index in [1.54, 1.807) is 12.1 Å². The van der Waals surface area contributed by atoms with Crippen LogP contribution < -0.4 is 16.0 Å². The second kappa shape index (κ2) is 7.97. The van der Waals surface area contributed by atoms with Crippen LogP contribution in [0, 0.1) is 5.82 Å². The molecule has 5 rings (SSSR count). The first-order valence-electron chi connectivity index (χ1n) is 10.0. The second-order valence-corrected chi connectivity index (χ2v) is 7.64. The van der Waals surface area contributed by atoms with Crippen molar-refractivity contribution in [3.8, 4) is 5.75 Å². The molecule has 0 saturated carbocycles. The highest BCUT2D eigenvalue weighted by atomic mass is 19.1. The molecule has 3 heterocycles. The lowest BCUT2D eigenvalue weighted by Crippen LogP contribution is -2.42. The highest BCUT2D eigenvalue weighted by Gasteiger charge is 2.25. The largest absolute Gasteiger partial charge is 0.490 e. The number of nitrogens with one attached hydrogen (secondary N) is 2. The molecular weight excluding hydrogens is 389 g/mol. The topological polar surface area (TPSA) is 79.7 Å². The number of ether oxygens (including phenoxy) is 1. The Morgan fingerprint density at radius 3 is 2.73 bits per heavy atom. The minimum Gasteiger partial charge on any atom is -0.490 e. The summed E-state index contributed by atoms with van der Waals surface area (Å²) in [6.45, 7) is 2.60. The van der Waals surface area contributed by atoms with Gasteiger partial charge in [-0.15, -0.1) is 0 Å². The summed E-state index contributed by atoms with van der Waals surface area (Å²) in [7, 11) is 0. The number of oxazole rings is 1. The Bertz CT molecular complexity index is 1110. The standard InChI is InChI=1S/C22H22FN3O4/c23-15-2-4-16(5-3-15)28-17-7-9-26(10-8-17)13-18-12-20(25-30-18)14-1-6-19-21(11-14)29-22(27)24-19/h1-6,11-12,17-18,25H,7-10,13H2,(H,24,27). The van der Waals surface area contributed by atoms with E-state index in [0.717, 1.165) is 43.7 Å². The predicted octanol–water partition coefficient (Wildman–Crippen LogP) is 3.05. The fourth-order valence-electron chi connectivity index (χ4n) is 3.92. The molecule has 1 saturated heterocycles. The third-order valence-corrected chi connectivity index (χ3v) is 5.49. The van der Waals surface area contributed by atoms with Crippen molar-refractivity contribution in [3.05, 3.63) is 70.5 Å². The van der Waals surface area contributed by atoms with Gasteiger partial charge >= 0.3 is 5.76 Å². The number of rotatable bonds is 5. The van der Waals surface area contributed by atoms with Gasteiger partial charge in [-0.25, -0.2) is 9.18 Å². The molecule has 1 unspecified atom stereocenters. The quantitative estimate of drug-likeness (QED) is 0.672. The maximum atomic E-state index is 13.0. The van der Waals surface area contributed by atoms with Gasteiger partial charge in [-0.3, -0.25) is 15.3 Å². The zero-order chi connectivity index (χ0) is 20.5. The molecule has 2 aliphatic rings. The van der Waals surface area contributed by atoms with Crippen molar-refractivity contribution in [3.63, 3.8) is 0 Å². The van der Waals surface area contributed by atoms with Gasteiger partial charge in [0.2, 0.25) is 0 Å². The van der Waals surface area contributed by atoms with Gasteiger partial charge in [0, 0.05) is 25.2 Å². The molecule has 0 aliphatic carbocycles. The molecule has 1 aromatic heterocycles. The lowest BCUT2D eigenvalue weighted by atomic mass is 10.1. The minimum atomic E-state index is -0.462. The Morgan fingerprint density at radius 1 is 1.13 bits per heavy atom. The van der Waals surface area contributed by atoms with Crippen LogP contribution in [0.15, 0.2) is 57.8 Å². The van der Waals surface area contributed by atoms with Crippen LogP contribution in [0.5, 0.6) is 5.75 Å². The first kappa shape index (κ1) is 18.9. The van der Waals surface area contributed by atoms with Crippen LogP contribution in [0.3, 0.4) is 0 Å². The van der Waals surface area contributed by atoms with Crippen molar-refractivity contribution in [1.82, 2.24) is 15.4 Å². The maximum Gasteiger partial charge on any atom is 0.417 e. The van der Waals surface area contributed by atoms with Crippen molar-refractivity contribution in [1.29, 1.82) is 0 Å². The third-order valence-electron chi connectivity index (χ3n) is 5.49. The van der Waals surface area contributed by atoms with Crippen molar-refractivity contribution in [2.45, 2.75) is 25.0 Å². The average molecular weight is 411 g/mol. The molecule has 0 radical (unpaired) electrons. The number of nitrogens with zero attached hydrogens (tertiary/aromatic N) is 1. The summed E-state index contributed by atoms with van der Waals surface area (Å²) < 4.78 is 24.1. The molecule has 0 bridgehead atoms. The van der Waals surface area contributed by atoms with E-state index in [1.807, 2.05) is 24.3 Å². The van der Waals surface area contributed by atoms with E-state index < -0.39 is 5.76 Å². The number of fused-ring (bicyclic) bond motifs is 1. The van der Waals surface area contributed by atoms with Gasteiger partial charge in [0.05, 0.1) is 11.2 Å². The first-order chi connectivity index (χ1) is 14.6. The molecule has 7 nitrogen and oxygen atoms in total. The highest BCUT2D eigenvalue weighted by molar-refractivity contribution is 5.78. The van der Waals surface area contributed by atoms with Gasteiger partial charge in [0.25, 0.3) is 0 Å². The predicted molar refractivity (Wildman–Crippen MR) is 109 cm³/mol. The Hall–Kier alpha value is -3.10. The Balaban J connectivity index is 1.15. The van der Waals surface area contributed by atoms with E-state index >= 15 is 0 Å². The van der Waals surface area contributed by atoms with E-state index in [4.69, 9.17) is 14.0 Å². The van der Waals surface area contributed by atoms with Gasteiger partial charge < -0.3 is 14.1 Å². The molecule has 8 heteroatoms. The lowest BCUT2D eigenvalue weighted by Gasteiger charge is -2.32. The third kappa shape index (κ3) is 4.10. The van der Waals surface area contributed by atoms with Gasteiger partial charge in [0.15, 0.2) is 5.58 Å². The number of hydroxylamine groups is 1. The van der Waals surface area contributed by atoms with Gasteiger partial charge in [-0.2, -0.15) is 0 Å². The molecule has 1 fully saturated rings. The molecule has 2 N–H and O–H groups in total. The Labute approximate surface area is 172 Å². The first-order valence-corrected chi connectivity index (χ1v) is 10.0. The van der Waals surface area contributed by atoms with E-state index in [-0.39, 0.29) is 18.0 Å². The number of hydrogen-bond acceptors (Lipinski definition) is 6. The Kier molecular flexibility index (Phi) is 5.02. The van der Waals surface area contributed by atoms with Crippen molar-refractivity contribution < 1.29 is 18.4 Å². The summed E-state index contributed by atoms with van der Waals surface area (Å²) in [5.41, 5.74) is 5.93. The van der Waals surface area contributed by atoms with Crippen molar-refractivity contribution >= 4 is 16.8 Å². The van der Waals surface area contributed by atoms with Crippen LogP contribution in [0.2, 0.25) is 0 Å². The normalized spacial score (nSPS) is 20.3. The molecule has 1 atom stereocenters. The number of benzene rings is 2. The fraction of sp³-hybridized carbons (Fsp3) is 0.318. The highest BCUT2D eigenvalue weighted by Crippen LogP contribution is 2.24. The molecule has 2 aromatic carbocycles. The summed E-state index contributed by atoms with van der Waals surface area (Å²) in [6, 6.07) is 11.7. The smallest absolute Gasteiger partial charge is 0.417 e. The van der Waals surface area contributed by atoms with E-state index in [1.165, 1.54) is 12.1 Å². The number of piperidine rings is 1. The van der Waals surface area contributed by atoms with Crippen LogP contribution in [-0.4, -0.2) is 41.7 Å². The summed E-state index contributed by atoms with van der Waals surface area (Å²) in [6.07, 6.45) is 3.95. The minimum absolute atomic E-state index is 0.0662. The molecule has 0 spiro atoms. The van der Waals surface area contributed by atoms with Crippen molar-refractivity contribution in [2.24, 2.45) is 0 Å². The number of halogens is 1. The lowest BCUT2D eigenvalue weighted by molar-refractivity contribution is 0.0144. The average Bonchev–Trinajstić information content (AvgIpc) is 3.36. The molecule has 0 amide bonds. The Morgan fingerprint density at radius 2 is 1.93 bits per heavy atom. The number of aromatic nitrogens is 1.